The van der Waals surface area contributed by atoms with E-state index >= 15 is 0 Å². The van der Waals surface area contributed by atoms with Crippen LogP contribution in [0.4, 0.5) is 13.2 Å². The first-order valence-electron chi connectivity index (χ1n) is 9.79. The van der Waals surface area contributed by atoms with Gasteiger partial charge in [0, 0.05) is 35.6 Å². The summed E-state index contributed by atoms with van der Waals surface area (Å²) >= 11 is 3.54. The summed E-state index contributed by atoms with van der Waals surface area (Å²) in [5.41, 5.74) is 0.829. The van der Waals surface area contributed by atoms with Crippen LogP contribution in [0.5, 0.6) is 0 Å². The second-order valence-corrected chi connectivity index (χ2v) is 9.59. The van der Waals surface area contributed by atoms with E-state index in [9.17, 15) is 18.0 Å². The summed E-state index contributed by atoms with van der Waals surface area (Å²) in [5, 5.41) is 11.3. The highest BCUT2D eigenvalue weighted by molar-refractivity contribution is 7.10. The van der Waals surface area contributed by atoms with Crippen LogP contribution >= 0.6 is 22.7 Å². The van der Waals surface area contributed by atoms with Crippen molar-refractivity contribution in [2.45, 2.75) is 31.3 Å². The molecule has 1 saturated heterocycles. The van der Waals surface area contributed by atoms with Crippen molar-refractivity contribution in [2.24, 2.45) is 0 Å². The predicted molar refractivity (Wildman–Crippen MR) is 115 cm³/mol. The summed E-state index contributed by atoms with van der Waals surface area (Å²) in [7, 11) is 0. The molecule has 5 heterocycles. The monoisotopic (exact) mass is 483 g/mol. The lowest BCUT2D eigenvalue weighted by Gasteiger charge is -2.38. The Hall–Kier alpha value is -2.63. The fourth-order valence-electron chi connectivity index (χ4n) is 4.10. The number of aromatic nitrogens is 1. The molecule has 3 aromatic rings. The van der Waals surface area contributed by atoms with Gasteiger partial charge in [-0.3, -0.25) is 9.69 Å². The fraction of sp³-hybridized carbons (Fsp3) is 0.333. The van der Waals surface area contributed by atoms with Gasteiger partial charge < -0.3 is 14.6 Å². The third kappa shape index (κ3) is 4.74. The zero-order chi connectivity index (χ0) is 22.9. The van der Waals surface area contributed by atoms with Crippen LogP contribution in [-0.2, 0) is 17.9 Å². The molecular weight excluding hydrogens is 463 g/mol. The Balaban J connectivity index is 0.000000307. The van der Waals surface area contributed by atoms with Crippen LogP contribution in [0.2, 0.25) is 0 Å². The lowest BCUT2D eigenvalue weighted by atomic mass is 10.1. The van der Waals surface area contributed by atoms with Crippen LogP contribution in [-0.4, -0.2) is 56.7 Å². The van der Waals surface area contributed by atoms with Gasteiger partial charge in [0.05, 0.1) is 18.6 Å². The molecule has 0 aliphatic carbocycles. The largest absolute Gasteiger partial charge is 0.490 e. The van der Waals surface area contributed by atoms with Crippen molar-refractivity contribution in [1.82, 2.24) is 14.4 Å². The molecule has 0 aromatic carbocycles. The molecule has 1 fully saturated rings. The van der Waals surface area contributed by atoms with Crippen LogP contribution in [0.1, 0.15) is 26.3 Å². The molecular formula is C21H20F3N3O3S2. The van der Waals surface area contributed by atoms with Gasteiger partial charge in [0.2, 0.25) is 0 Å². The van der Waals surface area contributed by atoms with Gasteiger partial charge in [0.25, 0.3) is 5.91 Å². The number of carbonyl (C=O) groups excluding carboxylic acids is 1. The average molecular weight is 484 g/mol. The van der Waals surface area contributed by atoms with Gasteiger partial charge in [-0.25, -0.2) is 4.79 Å². The Kier molecular flexibility index (Phi) is 6.40. The van der Waals surface area contributed by atoms with Gasteiger partial charge in [-0.15, -0.1) is 22.7 Å². The van der Waals surface area contributed by atoms with Crippen molar-refractivity contribution >= 4 is 34.6 Å². The highest BCUT2D eigenvalue weighted by Gasteiger charge is 2.45. The van der Waals surface area contributed by atoms with Crippen LogP contribution in [0.15, 0.2) is 53.4 Å². The molecule has 3 aromatic heterocycles. The number of halogens is 3. The van der Waals surface area contributed by atoms with Crippen molar-refractivity contribution in [3.05, 3.63) is 68.8 Å². The quantitative estimate of drug-likeness (QED) is 0.600. The maximum absolute atomic E-state index is 13.1. The van der Waals surface area contributed by atoms with Gasteiger partial charge in [-0.2, -0.15) is 13.2 Å². The molecule has 32 heavy (non-hydrogen) atoms. The van der Waals surface area contributed by atoms with Gasteiger partial charge in [-0.1, -0.05) is 12.1 Å². The van der Waals surface area contributed by atoms with Crippen LogP contribution < -0.4 is 0 Å². The van der Waals surface area contributed by atoms with E-state index in [-0.39, 0.29) is 11.9 Å². The number of fused-ring (bicyclic) bond motifs is 3. The van der Waals surface area contributed by atoms with E-state index in [1.807, 2.05) is 23.5 Å². The normalized spacial score (nSPS) is 20.5. The number of carbonyl (C=O) groups is 2. The number of thiophene rings is 2. The fourth-order valence-corrected chi connectivity index (χ4v) is 5.55. The summed E-state index contributed by atoms with van der Waals surface area (Å²) in [4.78, 5) is 29.2. The number of carboxylic acids is 1. The number of carboxylic acid groups (broad SMARTS) is 1. The molecule has 0 radical (unpaired) electrons. The first-order valence-corrected chi connectivity index (χ1v) is 11.5. The Morgan fingerprint density at radius 1 is 1.00 bits per heavy atom. The average Bonchev–Trinajstić information content (AvgIpc) is 3.52. The summed E-state index contributed by atoms with van der Waals surface area (Å²) in [6.45, 7) is 3.63. The third-order valence-corrected chi connectivity index (χ3v) is 7.18. The lowest BCUT2D eigenvalue weighted by molar-refractivity contribution is -0.192. The first kappa shape index (κ1) is 22.6. The van der Waals surface area contributed by atoms with E-state index in [2.05, 4.69) is 55.6 Å². The summed E-state index contributed by atoms with van der Waals surface area (Å²) < 4.78 is 33.9. The SMILES string of the molecule is O=C(O)C(F)(F)F.O=C1c2cccn2C2CN(Cc3cccs3)CC2N1Cc1cccs1. The number of nitrogens with zero attached hydrogens (tertiary/aromatic N) is 3. The molecule has 0 bridgehead atoms. The molecule has 170 valence electrons. The van der Waals surface area contributed by atoms with Crippen LogP contribution in [0, 0.1) is 0 Å². The molecule has 2 aliphatic rings. The highest BCUT2D eigenvalue weighted by atomic mass is 32.1. The Bertz CT molecular complexity index is 1060. The number of hydrogen-bond donors (Lipinski definition) is 1. The molecule has 2 unspecified atom stereocenters. The van der Waals surface area contributed by atoms with Crippen molar-refractivity contribution in [3.8, 4) is 0 Å². The Morgan fingerprint density at radius 3 is 2.16 bits per heavy atom. The standard InChI is InChI=1S/C19H19N3OS2.C2HF3O2/c23-19-16-6-1-7-21(16)17-12-20(10-14-4-2-8-24-14)13-18(17)22(19)11-15-5-3-9-25-15;3-2(4,5)1(6)7/h1-9,17-18H,10-13H2;(H,6,7). The van der Waals surface area contributed by atoms with Gasteiger partial charge in [0.15, 0.2) is 0 Å². The second kappa shape index (κ2) is 9.08. The van der Waals surface area contributed by atoms with Gasteiger partial charge in [0.1, 0.15) is 5.69 Å². The van der Waals surface area contributed by atoms with E-state index < -0.39 is 12.1 Å². The van der Waals surface area contributed by atoms with E-state index in [0.717, 1.165) is 31.9 Å². The molecule has 5 rings (SSSR count). The van der Waals surface area contributed by atoms with Crippen LogP contribution in [0.25, 0.3) is 0 Å². The van der Waals surface area contributed by atoms with E-state index in [1.54, 1.807) is 11.3 Å². The summed E-state index contributed by atoms with van der Waals surface area (Å²) in [6.07, 6.45) is -3.01. The minimum atomic E-state index is -5.08. The zero-order valence-corrected chi connectivity index (χ0v) is 18.4. The number of hydrogen-bond acceptors (Lipinski definition) is 5. The molecule has 11 heteroatoms. The van der Waals surface area contributed by atoms with Crippen molar-refractivity contribution < 1.29 is 27.9 Å². The highest BCUT2D eigenvalue weighted by Crippen LogP contribution is 2.35. The van der Waals surface area contributed by atoms with E-state index in [1.165, 1.54) is 9.75 Å². The molecule has 2 atom stereocenters. The van der Waals surface area contributed by atoms with Gasteiger partial charge >= 0.3 is 12.1 Å². The van der Waals surface area contributed by atoms with Crippen molar-refractivity contribution in [2.75, 3.05) is 13.1 Å². The van der Waals surface area contributed by atoms with E-state index in [0.29, 0.717) is 6.04 Å². The minimum Gasteiger partial charge on any atom is -0.475 e. The Labute approximate surface area is 190 Å². The maximum atomic E-state index is 13.1. The molecule has 2 aliphatic heterocycles. The molecule has 0 spiro atoms. The minimum absolute atomic E-state index is 0.164. The predicted octanol–water partition coefficient (Wildman–Crippen LogP) is 4.33. The van der Waals surface area contributed by atoms with Crippen molar-refractivity contribution in [1.29, 1.82) is 0 Å². The Morgan fingerprint density at radius 2 is 1.59 bits per heavy atom. The molecule has 6 nitrogen and oxygen atoms in total. The maximum Gasteiger partial charge on any atom is 0.490 e. The number of amides is 1. The molecule has 1 N–H and O–H groups in total. The van der Waals surface area contributed by atoms with E-state index in [4.69, 9.17) is 9.90 Å². The zero-order valence-electron chi connectivity index (χ0n) is 16.7. The van der Waals surface area contributed by atoms with Gasteiger partial charge in [-0.05, 0) is 35.0 Å². The summed E-state index contributed by atoms with van der Waals surface area (Å²) in [5.74, 6) is -2.59. The number of rotatable bonds is 4. The lowest BCUT2D eigenvalue weighted by Crippen LogP contribution is -2.49. The topological polar surface area (TPSA) is 65.8 Å². The third-order valence-electron chi connectivity index (χ3n) is 5.46. The number of alkyl halides is 3. The summed E-state index contributed by atoms with van der Waals surface area (Å²) in [6, 6.07) is 13.0. The van der Waals surface area contributed by atoms with Crippen LogP contribution in [0.3, 0.4) is 0 Å². The smallest absolute Gasteiger partial charge is 0.475 e. The second-order valence-electron chi connectivity index (χ2n) is 7.52. The molecule has 1 amide bonds. The molecule has 0 saturated carbocycles. The van der Waals surface area contributed by atoms with Crippen molar-refractivity contribution in [3.63, 3.8) is 0 Å². The number of aliphatic carboxylic acids is 1. The number of likely N-dealkylation sites (tertiary alicyclic amines) is 1. The first-order chi connectivity index (χ1) is 15.2.